The van der Waals surface area contributed by atoms with Crippen molar-refractivity contribution in [2.24, 2.45) is 30.7 Å². The number of hydrogen-bond acceptors (Lipinski definition) is 5. The first kappa shape index (κ1) is 28.3. The molecule has 0 radical (unpaired) electrons. The van der Waals surface area contributed by atoms with Crippen LogP contribution in [-0.2, 0) is 16.6 Å². The SMILES string of the molecule is CC(C)[C@@H]1CC[C@@H](C)CC(=O)N2C[C@H]3C[C@@H](CN(C(=O)c4nn(C)c(=O)c5ccccc45)C3)[C@@H]2CCCC(=O)N1. The molecular formula is C31H43N5O4. The van der Waals surface area contributed by atoms with Crippen LogP contribution in [0.25, 0.3) is 10.8 Å². The van der Waals surface area contributed by atoms with Crippen molar-refractivity contribution >= 4 is 28.5 Å². The van der Waals surface area contributed by atoms with E-state index >= 15 is 0 Å². The molecule has 3 aliphatic rings. The lowest BCUT2D eigenvalue weighted by molar-refractivity contribution is -0.141. The lowest BCUT2D eigenvalue weighted by atomic mass is 9.77. The number of likely N-dealkylation sites (tertiary alicyclic amines) is 1. The Balaban J connectivity index is 1.38. The minimum atomic E-state index is -0.223. The van der Waals surface area contributed by atoms with Crippen molar-refractivity contribution in [3.8, 4) is 0 Å². The summed E-state index contributed by atoms with van der Waals surface area (Å²) in [7, 11) is 1.58. The first-order chi connectivity index (χ1) is 19.1. The first-order valence-electron chi connectivity index (χ1n) is 15.0. The molecule has 40 heavy (non-hydrogen) atoms. The van der Waals surface area contributed by atoms with Crippen LogP contribution in [0.3, 0.4) is 0 Å². The zero-order chi connectivity index (χ0) is 28.6. The van der Waals surface area contributed by atoms with Crippen LogP contribution in [0.5, 0.6) is 0 Å². The number of rotatable bonds is 2. The Morgan fingerprint density at radius 3 is 2.52 bits per heavy atom. The van der Waals surface area contributed by atoms with Gasteiger partial charge in [-0.25, -0.2) is 4.68 Å². The summed E-state index contributed by atoms with van der Waals surface area (Å²) in [5.41, 5.74) is 0.0737. The van der Waals surface area contributed by atoms with Crippen LogP contribution < -0.4 is 10.9 Å². The standard InChI is InChI=1S/C31H43N5O4/c1-19(2)25-13-12-20(3)14-28(38)36-17-21-15-22(26(36)10-7-11-27(37)32-25)18-35(16-21)31(40)29-23-8-5-6-9-24(23)30(39)34(4)33-29/h5-6,8-9,19-22,25-26H,7,10-18H2,1-4H3,(H,32,37)/t20-,21+,22+,25+,26+/m1/s1. The van der Waals surface area contributed by atoms with Crippen molar-refractivity contribution in [2.75, 3.05) is 19.6 Å². The predicted octanol–water partition coefficient (Wildman–Crippen LogP) is 3.35. The summed E-state index contributed by atoms with van der Waals surface area (Å²) in [4.78, 5) is 56.9. The van der Waals surface area contributed by atoms with Crippen molar-refractivity contribution in [2.45, 2.75) is 77.8 Å². The highest BCUT2D eigenvalue weighted by Crippen LogP contribution is 2.37. The summed E-state index contributed by atoms with van der Waals surface area (Å²) in [6.45, 7) is 8.16. The molecule has 9 heteroatoms. The van der Waals surface area contributed by atoms with Gasteiger partial charge in [0, 0.05) is 57.0 Å². The third-order valence-corrected chi connectivity index (χ3v) is 9.28. The molecule has 5 rings (SSSR count). The minimum Gasteiger partial charge on any atom is -0.353 e. The zero-order valence-electron chi connectivity index (χ0n) is 24.3. The van der Waals surface area contributed by atoms with Crippen LogP contribution in [-0.4, -0.2) is 69.0 Å². The van der Waals surface area contributed by atoms with E-state index < -0.39 is 0 Å². The number of amides is 3. The second kappa shape index (κ2) is 11.7. The summed E-state index contributed by atoms with van der Waals surface area (Å²) < 4.78 is 1.24. The maximum absolute atomic E-state index is 13.9. The highest BCUT2D eigenvalue weighted by atomic mass is 16.2. The van der Waals surface area contributed by atoms with Gasteiger partial charge < -0.3 is 15.1 Å². The van der Waals surface area contributed by atoms with Gasteiger partial charge in [0.1, 0.15) is 0 Å². The lowest BCUT2D eigenvalue weighted by Gasteiger charge is -2.51. The molecule has 0 saturated carbocycles. The highest BCUT2D eigenvalue weighted by Gasteiger charge is 2.44. The monoisotopic (exact) mass is 549 g/mol. The quantitative estimate of drug-likeness (QED) is 0.619. The summed E-state index contributed by atoms with van der Waals surface area (Å²) in [6, 6.07) is 7.28. The Morgan fingerprint density at radius 1 is 1.02 bits per heavy atom. The summed E-state index contributed by atoms with van der Waals surface area (Å²) in [5.74, 6) is 1.06. The van der Waals surface area contributed by atoms with Crippen LogP contribution in [0.4, 0.5) is 0 Å². The predicted molar refractivity (Wildman–Crippen MR) is 154 cm³/mol. The smallest absolute Gasteiger partial charge is 0.274 e. The maximum atomic E-state index is 13.9. The average molecular weight is 550 g/mol. The number of aryl methyl sites for hydroxylation is 1. The van der Waals surface area contributed by atoms with Gasteiger partial charge in [-0.2, -0.15) is 5.10 Å². The number of fused-ring (bicyclic) bond motifs is 5. The van der Waals surface area contributed by atoms with Crippen LogP contribution in [0, 0.1) is 23.7 Å². The Morgan fingerprint density at radius 2 is 1.77 bits per heavy atom. The fraction of sp³-hybridized carbons (Fsp3) is 0.645. The van der Waals surface area contributed by atoms with Gasteiger partial charge in [0.05, 0.1) is 5.39 Å². The molecule has 2 bridgehead atoms. The van der Waals surface area contributed by atoms with Crippen molar-refractivity contribution < 1.29 is 14.4 Å². The van der Waals surface area contributed by atoms with Crippen molar-refractivity contribution in [3.05, 3.63) is 40.3 Å². The van der Waals surface area contributed by atoms with Crippen LogP contribution in [0.1, 0.15) is 76.2 Å². The topological polar surface area (TPSA) is 105 Å². The Bertz CT molecular complexity index is 1340. The summed E-state index contributed by atoms with van der Waals surface area (Å²) in [6.07, 6.45) is 5.19. The molecule has 1 aromatic heterocycles. The molecule has 3 fully saturated rings. The zero-order valence-corrected chi connectivity index (χ0v) is 24.3. The number of aromatic nitrogens is 2. The minimum absolute atomic E-state index is 0.00540. The molecule has 0 unspecified atom stereocenters. The van der Waals surface area contributed by atoms with Crippen LogP contribution in [0.15, 0.2) is 29.1 Å². The van der Waals surface area contributed by atoms with Gasteiger partial charge >= 0.3 is 0 Å². The van der Waals surface area contributed by atoms with Crippen molar-refractivity contribution in [1.29, 1.82) is 0 Å². The molecule has 0 aliphatic carbocycles. The molecule has 3 aliphatic heterocycles. The maximum Gasteiger partial charge on any atom is 0.274 e. The van der Waals surface area contributed by atoms with Gasteiger partial charge in [0.15, 0.2) is 5.69 Å². The number of hydrogen-bond donors (Lipinski definition) is 1. The van der Waals surface area contributed by atoms with Gasteiger partial charge in [-0.05, 0) is 61.8 Å². The van der Waals surface area contributed by atoms with Gasteiger partial charge in [0.25, 0.3) is 11.5 Å². The van der Waals surface area contributed by atoms with Gasteiger partial charge in [-0.15, -0.1) is 0 Å². The normalized spacial score (nSPS) is 28.4. The Hall–Kier alpha value is -3.23. The molecule has 1 N–H and O–H groups in total. The van der Waals surface area contributed by atoms with E-state index in [9.17, 15) is 19.2 Å². The van der Waals surface area contributed by atoms with E-state index in [1.165, 1.54) is 4.68 Å². The molecule has 3 saturated heterocycles. The molecule has 3 amide bonds. The first-order valence-corrected chi connectivity index (χ1v) is 15.0. The highest BCUT2D eigenvalue weighted by molar-refractivity contribution is 6.04. The molecule has 2 aromatic rings. The Labute approximate surface area is 236 Å². The molecule has 1 aromatic carbocycles. The fourth-order valence-corrected chi connectivity index (χ4v) is 7.08. The van der Waals surface area contributed by atoms with E-state index in [1.807, 2.05) is 11.0 Å². The average Bonchev–Trinajstić information content (AvgIpc) is 2.93. The molecule has 5 atom stereocenters. The largest absolute Gasteiger partial charge is 0.353 e. The van der Waals surface area contributed by atoms with Gasteiger partial charge in [0.2, 0.25) is 11.8 Å². The van der Waals surface area contributed by atoms with E-state index in [1.54, 1.807) is 25.2 Å². The summed E-state index contributed by atoms with van der Waals surface area (Å²) >= 11 is 0. The second-order valence-corrected chi connectivity index (χ2v) is 12.7. The van der Waals surface area contributed by atoms with Gasteiger partial charge in [-0.1, -0.05) is 39.0 Å². The summed E-state index contributed by atoms with van der Waals surface area (Å²) in [5, 5.41) is 8.68. The fourth-order valence-electron chi connectivity index (χ4n) is 7.08. The van der Waals surface area contributed by atoms with E-state index in [2.05, 4.69) is 36.1 Å². The molecule has 9 nitrogen and oxygen atoms in total. The third-order valence-electron chi connectivity index (χ3n) is 9.28. The number of nitrogens with zero attached hydrogens (tertiary/aromatic N) is 4. The molecular weight excluding hydrogens is 506 g/mol. The van der Waals surface area contributed by atoms with Crippen LogP contribution >= 0.6 is 0 Å². The van der Waals surface area contributed by atoms with E-state index in [4.69, 9.17) is 0 Å². The molecule has 216 valence electrons. The molecule has 0 spiro atoms. The number of piperidine rings is 2. The van der Waals surface area contributed by atoms with E-state index in [0.29, 0.717) is 61.3 Å². The second-order valence-electron chi connectivity index (χ2n) is 12.7. The lowest BCUT2D eigenvalue weighted by Crippen LogP contribution is -2.60. The van der Waals surface area contributed by atoms with Gasteiger partial charge in [-0.3, -0.25) is 19.2 Å². The van der Waals surface area contributed by atoms with Crippen LogP contribution in [0.2, 0.25) is 0 Å². The number of nitrogens with one attached hydrogen (secondary N) is 1. The molecule has 4 heterocycles. The number of benzene rings is 1. The van der Waals surface area contributed by atoms with E-state index in [0.717, 1.165) is 25.7 Å². The number of carbonyl (C=O) groups is 3. The van der Waals surface area contributed by atoms with E-state index in [-0.39, 0.29) is 53.1 Å². The third kappa shape index (κ3) is 5.79. The number of carbonyl (C=O) groups excluding carboxylic acids is 3. The van der Waals surface area contributed by atoms with Crippen molar-refractivity contribution in [1.82, 2.24) is 24.9 Å². The Kier molecular flexibility index (Phi) is 8.29. The van der Waals surface area contributed by atoms with Crippen molar-refractivity contribution in [3.63, 3.8) is 0 Å².